The fourth-order valence-corrected chi connectivity index (χ4v) is 3.14. The molecule has 2 aliphatic rings. The topological polar surface area (TPSA) is 83.6 Å². The molecule has 1 saturated carbocycles. The van der Waals surface area contributed by atoms with Crippen LogP contribution in [0.3, 0.4) is 0 Å². The maximum atomic E-state index is 12.4. The molecule has 2 atom stereocenters. The number of carboxylic acid groups (broad SMARTS) is 1. The van der Waals surface area contributed by atoms with Crippen molar-refractivity contribution in [3.8, 4) is 0 Å². The van der Waals surface area contributed by atoms with Gasteiger partial charge in [-0.25, -0.2) is 0 Å². The van der Waals surface area contributed by atoms with Crippen molar-refractivity contribution in [2.45, 2.75) is 51.5 Å². The molecule has 0 radical (unpaired) electrons. The lowest BCUT2D eigenvalue weighted by molar-refractivity contribution is -0.154. The average Bonchev–Trinajstić information content (AvgIpc) is 2.39. The summed E-state index contributed by atoms with van der Waals surface area (Å²) >= 11 is 0. The van der Waals surface area contributed by atoms with Gasteiger partial charge in [0.05, 0.1) is 11.3 Å². The van der Waals surface area contributed by atoms with Gasteiger partial charge in [0.25, 0.3) is 0 Å². The molecule has 1 aliphatic heterocycles. The standard InChI is InChI=1S/C14H24N2O3/c1-14(13(18)19)6-8-16(9-7-14)12(17)10-4-2-3-5-11(10)15/h10-11H,2-9,15H2,1H3,(H,18,19). The van der Waals surface area contributed by atoms with Gasteiger partial charge in [-0.05, 0) is 32.6 Å². The Kier molecular flexibility index (Phi) is 4.13. The molecule has 19 heavy (non-hydrogen) atoms. The highest BCUT2D eigenvalue weighted by atomic mass is 16.4. The summed E-state index contributed by atoms with van der Waals surface area (Å²) < 4.78 is 0. The van der Waals surface area contributed by atoms with Gasteiger partial charge in [0, 0.05) is 19.1 Å². The number of carboxylic acids is 1. The Hall–Kier alpha value is -1.10. The van der Waals surface area contributed by atoms with Gasteiger partial charge >= 0.3 is 5.97 Å². The zero-order chi connectivity index (χ0) is 14.0. The van der Waals surface area contributed by atoms with Crippen molar-refractivity contribution >= 4 is 11.9 Å². The van der Waals surface area contributed by atoms with Crippen LogP contribution >= 0.6 is 0 Å². The van der Waals surface area contributed by atoms with Crippen LogP contribution in [0.25, 0.3) is 0 Å². The van der Waals surface area contributed by atoms with Gasteiger partial charge < -0.3 is 15.7 Å². The highest BCUT2D eigenvalue weighted by molar-refractivity contribution is 5.80. The minimum atomic E-state index is -0.756. The third kappa shape index (κ3) is 2.91. The molecule has 3 N–H and O–H groups in total. The van der Waals surface area contributed by atoms with Crippen LogP contribution in [0.15, 0.2) is 0 Å². The number of carbonyl (C=O) groups excluding carboxylic acids is 1. The van der Waals surface area contributed by atoms with Crippen LogP contribution in [-0.2, 0) is 9.59 Å². The van der Waals surface area contributed by atoms with Crippen molar-refractivity contribution in [3.63, 3.8) is 0 Å². The van der Waals surface area contributed by atoms with Crippen molar-refractivity contribution in [2.75, 3.05) is 13.1 Å². The Labute approximate surface area is 114 Å². The predicted octanol–water partition coefficient (Wildman–Crippen LogP) is 1.22. The molecule has 0 aromatic carbocycles. The van der Waals surface area contributed by atoms with Crippen molar-refractivity contribution in [2.24, 2.45) is 17.1 Å². The van der Waals surface area contributed by atoms with Crippen LogP contribution in [0, 0.1) is 11.3 Å². The van der Waals surface area contributed by atoms with Gasteiger partial charge in [0.1, 0.15) is 0 Å². The minimum Gasteiger partial charge on any atom is -0.481 e. The van der Waals surface area contributed by atoms with Gasteiger partial charge in [0.2, 0.25) is 5.91 Å². The SMILES string of the molecule is CC1(C(=O)O)CCN(C(=O)C2CCCCC2N)CC1. The van der Waals surface area contributed by atoms with Gasteiger partial charge in [-0.1, -0.05) is 12.8 Å². The molecule has 0 aromatic rings. The molecule has 108 valence electrons. The molecule has 2 fully saturated rings. The molecule has 2 unspecified atom stereocenters. The number of aliphatic carboxylic acids is 1. The highest BCUT2D eigenvalue weighted by Gasteiger charge is 2.40. The maximum absolute atomic E-state index is 12.4. The van der Waals surface area contributed by atoms with Crippen LogP contribution in [0.1, 0.15) is 45.4 Å². The van der Waals surface area contributed by atoms with E-state index in [9.17, 15) is 14.7 Å². The summed E-state index contributed by atoms with van der Waals surface area (Å²) in [7, 11) is 0. The van der Waals surface area contributed by atoms with E-state index in [2.05, 4.69) is 0 Å². The Morgan fingerprint density at radius 3 is 2.32 bits per heavy atom. The Morgan fingerprint density at radius 1 is 1.21 bits per heavy atom. The predicted molar refractivity (Wildman–Crippen MR) is 71.5 cm³/mol. The monoisotopic (exact) mass is 268 g/mol. The highest BCUT2D eigenvalue weighted by Crippen LogP contribution is 2.33. The first kappa shape index (κ1) is 14.3. The van der Waals surface area contributed by atoms with E-state index < -0.39 is 11.4 Å². The van der Waals surface area contributed by atoms with Gasteiger partial charge in [-0.3, -0.25) is 9.59 Å². The molecule has 1 saturated heterocycles. The van der Waals surface area contributed by atoms with E-state index in [-0.39, 0.29) is 17.9 Å². The van der Waals surface area contributed by atoms with E-state index >= 15 is 0 Å². The molecule has 1 amide bonds. The van der Waals surface area contributed by atoms with Crippen LogP contribution in [0.4, 0.5) is 0 Å². The fraction of sp³-hybridized carbons (Fsp3) is 0.857. The van der Waals surface area contributed by atoms with E-state index in [0.717, 1.165) is 25.7 Å². The number of rotatable bonds is 2. The second kappa shape index (κ2) is 5.49. The molecule has 0 spiro atoms. The summed E-state index contributed by atoms with van der Waals surface area (Å²) in [6.45, 7) is 2.86. The molecule has 5 heteroatoms. The van der Waals surface area contributed by atoms with Crippen molar-refractivity contribution < 1.29 is 14.7 Å². The van der Waals surface area contributed by atoms with Crippen LogP contribution < -0.4 is 5.73 Å². The van der Waals surface area contributed by atoms with Gasteiger partial charge in [0.15, 0.2) is 0 Å². The van der Waals surface area contributed by atoms with Crippen molar-refractivity contribution in [1.29, 1.82) is 0 Å². The first-order chi connectivity index (χ1) is 8.94. The zero-order valence-corrected chi connectivity index (χ0v) is 11.6. The minimum absolute atomic E-state index is 0.0194. The third-order valence-corrected chi connectivity index (χ3v) is 4.83. The summed E-state index contributed by atoms with van der Waals surface area (Å²) in [4.78, 5) is 25.4. The summed E-state index contributed by atoms with van der Waals surface area (Å²) in [5, 5.41) is 9.19. The van der Waals surface area contributed by atoms with Crippen molar-refractivity contribution in [3.05, 3.63) is 0 Å². The molecule has 0 bridgehead atoms. The largest absolute Gasteiger partial charge is 0.481 e. The van der Waals surface area contributed by atoms with Crippen LogP contribution in [0.5, 0.6) is 0 Å². The van der Waals surface area contributed by atoms with E-state index in [0.29, 0.717) is 25.9 Å². The summed E-state index contributed by atoms with van der Waals surface area (Å²) in [6.07, 6.45) is 5.07. The average molecular weight is 268 g/mol. The molecule has 1 heterocycles. The van der Waals surface area contributed by atoms with E-state index in [1.807, 2.05) is 4.90 Å². The first-order valence-corrected chi connectivity index (χ1v) is 7.22. The number of amides is 1. The second-order valence-electron chi connectivity index (χ2n) is 6.25. The number of likely N-dealkylation sites (tertiary alicyclic amines) is 1. The zero-order valence-electron chi connectivity index (χ0n) is 11.6. The summed E-state index contributed by atoms with van der Waals surface area (Å²) in [5.41, 5.74) is 5.37. The van der Waals surface area contributed by atoms with Gasteiger partial charge in [-0.15, -0.1) is 0 Å². The van der Waals surface area contributed by atoms with Crippen LogP contribution in [0.2, 0.25) is 0 Å². The molecule has 2 rings (SSSR count). The molecule has 1 aliphatic carbocycles. The lowest BCUT2D eigenvalue weighted by Gasteiger charge is -2.39. The number of hydrogen-bond acceptors (Lipinski definition) is 3. The number of piperidine rings is 1. The van der Waals surface area contributed by atoms with E-state index in [4.69, 9.17) is 5.73 Å². The maximum Gasteiger partial charge on any atom is 0.309 e. The fourth-order valence-electron chi connectivity index (χ4n) is 3.14. The first-order valence-electron chi connectivity index (χ1n) is 7.22. The lowest BCUT2D eigenvalue weighted by atomic mass is 9.79. The Bertz CT molecular complexity index is 362. The lowest BCUT2D eigenvalue weighted by Crippen LogP contribution is -2.50. The number of hydrogen-bond donors (Lipinski definition) is 2. The third-order valence-electron chi connectivity index (χ3n) is 4.83. The summed E-state index contributed by atoms with van der Waals surface area (Å²) in [5.74, 6) is -0.670. The molecular formula is C14H24N2O3. The number of nitrogens with two attached hydrogens (primary N) is 1. The smallest absolute Gasteiger partial charge is 0.309 e. The van der Waals surface area contributed by atoms with Crippen molar-refractivity contribution in [1.82, 2.24) is 4.90 Å². The van der Waals surface area contributed by atoms with E-state index in [1.165, 1.54) is 0 Å². The van der Waals surface area contributed by atoms with Crippen LogP contribution in [-0.4, -0.2) is 41.0 Å². The normalized spacial score (nSPS) is 30.9. The van der Waals surface area contributed by atoms with Gasteiger partial charge in [-0.2, -0.15) is 0 Å². The Balaban J connectivity index is 1.94. The number of carbonyl (C=O) groups is 2. The molecular weight excluding hydrogens is 244 g/mol. The number of nitrogens with zero attached hydrogens (tertiary/aromatic N) is 1. The Morgan fingerprint density at radius 2 is 1.79 bits per heavy atom. The molecule has 5 nitrogen and oxygen atoms in total. The molecule has 0 aromatic heterocycles. The second-order valence-corrected chi connectivity index (χ2v) is 6.25. The quantitative estimate of drug-likeness (QED) is 0.788. The summed E-state index contributed by atoms with van der Waals surface area (Å²) in [6, 6.07) is -0.0194. The van der Waals surface area contributed by atoms with E-state index in [1.54, 1.807) is 6.92 Å².